The summed E-state index contributed by atoms with van der Waals surface area (Å²) in [6, 6.07) is 14.8. The Balaban J connectivity index is 1.95. The van der Waals surface area contributed by atoms with Crippen molar-refractivity contribution in [1.29, 1.82) is 0 Å². The number of rotatable bonds is 5. The summed E-state index contributed by atoms with van der Waals surface area (Å²) in [5, 5.41) is 16.5. The Morgan fingerprint density at radius 3 is 2.33 bits per heavy atom. The molecule has 0 spiro atoms. The molecular formula is C22H24N2O3. The first-order valence-electron chi connectivity index (χ1n) is 8.96. The summed E-state index contributed by atoms with van der Waals surface area (Å²) < 4.78 is 5.78. The minimum Gasteiger partial charge on any atom is -0.494 e. The van der Waals surface area contributed by atoms with Gasteiger partial charge in [0.15, 0.2) is 0 Å². The van der Waals surface area contributed by atoms with Gasteiger partial charge in [0.25, 0.3) is 0 Å². The molecular weight excluding hydrogens is 340 g/mol. The third kappa shape index (κ3) is 4.03. The number of aromatic nitrogens is 2. The monoisotopic (exact) mass is 364 g/mol. The van der Waals surface area contributed by atoms with Crippen LogP contribution >= 0.6 is 0 Å². The minimum atomic E-state index is -0.934. The molecule has 0 unspecified atom stereocenters. The van der Waals surface area contributed by atoms with E-state index in [2.05, 4.69) is 37.0 Å². The number of nitrogens with one attached hydrogen (secondary N) is 1. The molecule has 3 aromatic rings. The van der Waals surface area contributed by atoms with Gasteiger partial charge >= 0.3 is 5.97 Å². The van der Waals surface area contributed by atoms with Gasteiger partial charge in [-0.2, -0.15) is 5.10 Å². The number of carboxylic acids is 1. The lowest BCUT2D eigenvalue weighted by Crippen LogP contribution is -2.13. The number of hydrogen-bond donors (Lipinski definition) is 2. The number of ether oxygens (including phenoxy) is 1. The van der Waals surface area contributed by atoms with Crippen LogP contribution in [0, 0.1) is 0 Å². The van der Waals surface area contributed by atoms with Crippen molar-refractivity contribution in [2.75, 3.05) is 6.61 Å². The maximum atomic E-state index is 11.0. The van der Waals surface area contributed by atoms with Crippen molar-refractivity contribution in [3.05, 3.63) is 59.7 Å². The zero-order valence-electron chi connectivity index (χ0n) is 16.0. The molecule has 0 saturated heterocycles. The number of carboxylic acid groups (broad SMARTS) is 1. The van der Waals surface area contributed by atoms with E-state index in [4.69, 9.17) is 9.84 Å². The molecule has 0 fully saturated rings. The second kappa shape index (κ2) is 7.27. The molecule has 0 saturated carbocycles. The Bertz CT molecular complexity index is 950. The molecule has 140 valence electrons. The third-order valence-electron chi connectivity index (χ3n) is 4.40. The molecule has 27 heavy (non-hydrogen) atoms. The lowest BCUT2D eigenvalue weighted by atomic mass is 9.85. The predicted octanol–water partition coefficient (Wildman–Crippen LogP) is 5.14. The first kappa shape index (κ1) is 18.7. The number of aromatic carboxylic acids is 1. The van der Waals surface area contributed by atoms with E-state index in [1.54, 1.807) is 24.3 Å². The summed E-state index contributed by atoms with van der Waals surface area (Å²) >= 11 is 0. The largest absolute Gasteiger partial charge is 0.494 e. The van der Waals surface area contributed by atoms with Gasteiger partial charge in [-0.1, -0.05) is 32.9 Å². The standard InChI is InChI=1S/C22H24N2O3/c1-5-27-20-11-10-16(12-17(20)22(2,3)4)19-13-18(23-24-19)14-6-8-15(9-7-14)21(25)26/h6-13H,5H2,1-4H3,(H,23,24)(H,25,26). The highest BCUT2D eigenvalue weighted by Crippen LogP contribution is 2.35. The van der Waals surface area contributed by atoms with Gasteiger partial charge in [0.05, 0.1) is 23.6 Å². The van der Waals surface area contributed by atoms with Crippen molar-refractivity contribution in [3.63, 3.8) is 0 Å². The second-order valence-electron chi connectivity index (χ2n) is 7.44. The van der Waals surface area contributed by atoms with E-state index >= 15 is 0 Å². The lowest BCUT2D eigenvalue weighted by molar-refractivity contribution is 0.0697. The van der Waals surface area contributed by atoms with Gasteiger partial charge in [-0.25, -0.2) is 4.79 Å². The third-order valence-corrected chi connectivity index (χ3v) is 4.40. The quantitative estimate of drug-likeness (QED) is 0.657. The highest BCUT2D eigenvalue weighted by Gasteiger charge is 2.20. The van der Waals surface area contributed by atoms with Gasteiger partial charge in [0.2, 0.25) is 0 Å². The Hall–Kier alpha value is -3.08. The first-order valence-corrected chi connectivity index (χ1v) is 8.96. The van der Waals surface area contributed by atoms with Gasteiger partial charge in [-0.15, -0.1) is 0 Å². The van der Waals surface area contributed by atoms with E-state index in [1.807, 2.05) is 25.1 Å². The summed E-state index contributed by atoms with van der Waals surface area (Å²) in [5.74, 6) is -0.0373. The predicted molar refractivity (Wildman–Crippen MR) is 106 cm³/mol. The van der Waals surface area contributed by atoms with Crippen LogP contribution in [0.1, 0.15) is 43.6 Å². The molecule has 3 rings (SSSR count). The van der Waals surface area contributed by atoms with Crippen LogP contribution in [0.4, 0.5) is 0 Å². The Kier molecular flexibility index (Phi) is 5.04. The van der Waals surface area contributed by atoms with E-state index < -0.39 is 5.97 Å². The second-order valence-corrected chi connectivity index (χ2v) is 7.44. The molecule has 0 atom stereocenters. The maximum absolute atomic E-state index is 11.0. The summed E-state index contributed by atoms with van der Waals surface area (Å²) in [7, 11) is 0. The van der Waals surface area contributed by atoms with E-state index in [-0.39, 0.29) is 11.0 Å². The van der Waals surface area contributed by atoms with Crippen LogP contribution in [-0.4, -0.2) is 27.9 Å². The van der Waals surface area contributed by atoms with Gasteiger partial charge in [-0.3, -0.25) is 5.10 Å². The topological polar surface area (TPSA) is 75.2 Å². The summed E-state index contributed by atoms with van der Waals surface area (Å²) in [5.41, 5.74) is 4.92. The molecule has 0 aliphatic rings. The van der Waals surface area contributed by atoms with Crippen LogP contribution in [0.5, 0.6) is 5.75 Å². The highest BCUT2D eigenvalue weighted by molar-refractivity contribution is 5.88. The van der Waals surface area contributed by atoms with Crippen LogP contribution in [0.2, 0.25) is 0 Å². The van der Waals surface area contributed by atoms with Gasteiger partial charge in [0, 0.05) is 11.1 Å². The number of benzene rings is 2. The normalized spacial score (nSPS) is 11.4. The lowest BCUT2D eigenvalue weighted by Gasteiger charge is -2.23. The summed E-state index contributed by atoms with van der Waals surface area (Å²) in [6.45, 7) is 9.09. The Morgan fingerprint density at radius 1 is 1.07 bits per heavy atom. The molecule has 5 heteroatoms. The SMILES string of the molecule is CCOc1ccc(-c2cc(-c3ccc(C(=O)O)cc3)[nH]n2)cc1C(C)(C)C. The van der Waals surface area contributed by atoms with Crippen LogP contribution in [0.15, 0.2) is 48.5 Å². The van der Waals surface area contributed by atoms with Crippen molar-refractivity contribution in [2.24, 2.45) is 0 Å². The van der Waals surface area contributed by atoms with Gasteiger partial charge in [-0.05, 0) is 54.3 Å². The molecule has 1 heterocycles. The Labute approximate surface area is 159 Å². The number of aromatic amines is 1. The van der Waals surface area contributed by atoms with E-state index in [0.29, 0.717) is 6.61 Å². The number of carbonyl (C=O) groups is 1. The first-order chi connectivity index (χ1) is 12.8. The molecule has 0 aliphatic heterocycles. The van der Waals surface area contributed by atoms with Crippen LogP contribution in [0.3, 0.4) is 0 Å². The molecule has 0 aliphatic carbocycles. The average molecular weight is 364 g/mol. The molecule has 1 aromatic heterocycles. The van der Waals surface area contributed by atoms with Crippen molar-refractivity contribution < 1.29 is 14.6 Å². The fourth-order valence-corrected chi connectivity index (χ4v) is 2.97. The highest BCUT2D eigenvalue weighted by atomic mass is 16.5. The summed E-state index contributed by atoms with van der Waals surface area (Å²) in [4.78, 5) is 11.0. The number of H-pyrrole nitrogens is 1. The fraction of sp³-hybridized carbons (Fsp3) is 0.273. The molecule has 0 bridgehead atoms. The minimum absolute atomic E-state index is 0.0493. The Morgan fingerprint density at radius 2 is 1.74 bits per heavy atom. The number of hydrogen-bond acceptors (Lipinski definition) is 3. The van der Waals surface area contributed by atoms with Gasteiger partial charge < -0.3 is 9.84 Å². The van der Waals surface area contributed by atoms with E-state index in [9.17, 15) is 4.79 Å². The average Bonchev–Trinajstić information content (AvgIpc) is 3.11. The smallest absolute Gasteiger partial charge is 0.335 e. The van der Waals surface area contributed by atoms with E-state index in [0.717, 1.165) is 33.8 Å². The van der Waals surface area contributed by atoms with Crippen molar-refractivity contribution in [2.45, 2.75) is 33.1 Å². The zero-order chi connectivity index (χ0) is 19.6. The van der Waals surface area contributed by atoms with Crippen molar-refractivity contribution in [3.8, 4) is 28.3 Å². The van der Waals surface area contributed by atoms with Crippen LogP contribution in [-0.2, 0) is 5.41 Å². The number of nitrogens with zero attached hydrogens (tertiary/aromatic N) is 1. The zero-order valence-corrected chi connectivity index (χ0v) is 16.0. The molecule has 2 N–H and O–H groups in total. The van der Waals surface area contributed by atoms with E-state index in [1.165, 1.54) is 0 Å². The fourth-order valence-electron chi connectivity index (χ4n) is 2.97. The molecule has 0 radical (unpaired) electrons. The molecule has 5 nitrogen and oxygen atoms in total. The van der Waals surface area contributed by atoms with Crippen LogP contribution < -0.4 is 4.74 Å². The van der Waals surface area contributed by atoms with Crippen LogP contribution in [0.25, 0.3) is 22.5 Å². The van der Waals surface area contributed by atoms with Crippen molar-refractivity contribution >= 4 is 5.97 Å². The van der Waals surface area contributed by atoms with Gasteiger partial charge in [0.1, 0.15) is 5.75 Å². The molecule has 0 amide bonds. The maximum Gasteiger partial charge on any atom is 0.335 e. The van der Waals surface area contributed by atoms with Crippen molar-refractivity contribution in [1.82, 2.24) is 10.2 Å². The summed E-state index contributed by atoms with van der Waals surface area (Å²) in [6.07, 6.45) is 0. The molecule has 2 aromatic carbocycles.